The molecule has 0 saturated carbocycles. The first-order chi connectivity index (χ1) is 8.84. The van der Waals surface area contributed by atoms with E-state index >= 15 is 0 Å². The van der Waals surface area contributed by atoms with Crippen LogP contribution in [-0.2, 0) is 15.6 Å². The van der Waals surface area contributed by atoms with Gasteiger partial charge < -0.3 is 5.11 Å². The minimum absolute atomic E-state index is 0.00942. The molecule has 1 aromatic carbocycles. The summed E-state index contributed by atoms with van der Waals surface area (Å²) >= 11 is 1.48. The Hall–Kier alpha value is -0.950. The molecule has 0 aliphatic heterocycles. The minimum atomic E-state index is -3.30. The zero-order valence-corrected chi connectivity index (χ0v) is 12.5. The normalized spacial score (nSPS) is 15.5. The number of aliphatic hydroxyl groups is 1. The summed E-state index contributed by atoms with van der Waals surface area (Å²) in [5.74, 6) is 0.00942. The van der Waals surface area contributed by atoms with E-state index in [-0.39, 0.29) is 12.3 Å². The summed E-state index contributed by atoms with van der Waals surface area (Å²) in [6, 6.07) is 9.74. The Morgan fingerprint density at radius 3 is 2.68 bits per heavy atom. The Kier molecular flexibility index (Phi) is 3.96. The molecule has 4 nitrogen and oxygen atoms in total. The predicted molar refractivity (Wildman–Crippen MR) is 78.9 cm³/mol. The van der Waals surface area contributed by atoms with Gasteiger partial charge in [-0.3, -0.25) is 0 Å². The van der Waals surface area contributed by atoms with Crippen molar-refractivity contribution >= 4 is 31.4 Å². The number of hydrogen-bond acceptors (Lipinski definition) is 4. The van der Waals surface area contributed by atoms with E-state index in [1.165, 1.54) is 11.3 Å². The molecule has 0 aliphatic carbocycles. The second-order valence-corrected chi connectivity index (χ2v) is 7.83. The fourth-order valence-corrected chi connectivity index (χ4v) is 3.50. The molecule has 0 radical (unpaired) electrons. The highest BCUT2D eigenvalue weighted by molar-refractivity contribution is 7.89. The van der Waals surface area contributed by atoms with E-state index in [0.717, 1.165) is 15.0 Å². The van der Waals surface area contributed by atoms with Crippen molar-refractivity contribution in [1.82, 2.24) is 4.72 Å². The highest BCUT2D eigenvalue weighted by Gasteiger charge is 2.27. The first-order valence-corrected chi connectivity index (χ1v) is 8.50. The second kappa shape index (κ2) is 5.20. The van der Waals surface area contributed by atoms with Gasteiger partial charge >= 0.3 is 0 Å². The lowest BCUT2D eigenvalue weighted by atomic mass is 10.1. The highest BCUT2D eigenvalue weighted by atomic mass is 32.2. The SMILES string of the molecule is CCS(=O)(=O)NCC(C)(O)c1cc2ccccc2s1. The number of hydrogen-bond donors (Lipinski definition) is 2. The van der Waals surface area contributed by atoms with Gasteiger partial charge in [0.2, 0.25) is 10.0 Å². The van der Waals surface area contributed by atoms with Crippen LogP contribution in [0.1, 0.15) is 18.7 Å². The molecule has 1 heterocycles. The van der Waals surface area contributed by atoms with Gasteiger partial charge in [-0.2, -0.15) is 0 Å². The van der Waals surface area contributed by atoms with E-state index in [1.54, 1.807) is 13.8 Å². The molecule has 19 heavy (non-hydrogen) atoms. The van der Waals surface area contributed by atoms with Gasteiger partial charge in [0.25, 0.3) is 0 Å². The van der Waals surface area contributed by atoms with Crippen LogP contribution in [0.3, 0.4) is 0 Å². The van der Waals surface area contributed by atoms with Crippen molar-refractivity contribution in [3.63, 3.8) is 0 Å². The molecule has 6 heteroatoms. The van der Waals surface area contributed by atoms with Crippen molar-refractivity contribution in [1.29, 1.82) is 0 Å². The Balaban J connectivity index is 2.23. The molecule has 0 bridgehead atoms. The number of nitrogens with one attached hydrogen (secondary N) is 1. The lowest BCUT2D eigenvalue weighted by molar-refractivity contribution is 0.0667. The van der Waals surface area contributed by atoms with Crippen LogP contribution in [0.15, 0.2) is 30.3 Å². The molecule has 0 aliphatic rings. The average Bonchev–Trinajstić information content (AvgIpc) is 2.81. The molecule has 1 atom stereocenters. The first-order valence-electron chi connectivity index (χ1n) is 6.03. The first kappa shape index (κ1) is 14.5. The molecule has 0 saturated heterocycles. The van der Waals surface area contributed by atoms with E-state index in [2.05, 4.69) is 4.72 Å². The zero-order valence-electron chi connectivity index (χ0n) is 10.9. The number of rotatable bonds is 5. The summed E-state index contributed by atoms with van der Waals surface area (Å²) in [5.41, 5.74) is -1.20. The van der Waals surface area contributed by atoms with E-state index in [1.807, 2.05) is 30.3 Å². The Morgan fingerprint density at radius 2 is 2.05 bits per heavy atom. The van der Waals surface area contributed by atoms with E-state index in [4.69, 9.17) is 0 Å². The number of fused-ring (bicyclic) bond motifs is 1. The molecule has 2 aromatic rings. The maximum absolute atomic E-state index is 11.4. The van der Waals surface area contributed by atoms with Crippen molar-refractivity contribution in [2.75, 3.05) is 12.3 Å². The van der Waals surface area contributed by atoms with E-state index < -0.39 is 15.6 Å². The van der Waals surface area contributed by atoms with Crippen molar-refractivity contribution in [2.45, 2.75) is 19.4 Å². The predicted octanol–water partition coefficient (Wildman–Crippen LogP) is 2.05. The largest absolute Gasteiger partial charge is 0.383 e. The Morgan fingerprint density at radius 1 is 1.37 bits per heavy atom. The molecular formula is C13H17NO3S2. The van der Waals surface area contributed by atoms with Gasteiger partial charge in [-0.05, 0) is 31.4 Å². The average molecular weight is 299 g/mol. The topological polar surface area (TPSA) is 66.4 Å². The summed E-state index contributed by atoms with van der Waals surface area (Å²) in [7, 11) is -3.30. The number of benzene rings is 1. The fraction of sp³-hybridized carbons (Fsp3) is 0.385. The van der Waals surface area contributed by atoms with E-state index in [0.29, 0.717) is 0 Å². The van der Waals surface area contributed by atoms with Crippen LogP contribution in [-0.4, -0.2) is 25.8 Å². The molecule has 104 valence electrons. The monoisotopic (exact) mass is 299 g/mol. The molecule has 0 spiro atoms. The summed E-state index contributed by atoms with van der Waals surface area (Å²) in [4.78, 5) is 0.757. The lowest BCUT2D eigenvalue weighted by Gasteiger charge is -2.22. The maximum Gasteiger partial charge on any atom is 0.211 e. The maximum atomic E-state index is 11.4. The number of sulfonamides is 1. The van der Waals surface area contributed by atoms with Crippen molar-refractivity contribution in [2.24, 2.45) is 0 Å². The quantitative estimate of drug-likeness (QED) is 0.888. The van der Waals surface area contributed by atoms with Gasteiger partial charge in [0.15, 0.2) is 0 Å². The van der Waals surface area contributed by atoms with Crippen LogP contribution in [0.5, 0.6) is 0 Å². The van der Waals surface area contributed by atoms with Crippen LogP contribution in [0.4, 0.5) is 0 Å². The van der Waals surface area contributed by atoms with Crippen LogP contribution >= 0.6 is 11.3 Å². The lowest BCUT2D eigenvalue weighted by Crippen LogP contribution is -2.38. The van der Waals surface area contributed by atoms with Crippen molar-refractivity contribution in [3.8, 4) is 0 Å². The van der Waals surface area contributed by atoms with Gasteiger partial charge in [-0.15, -0.1) is 11.3 Å². The molecular weight excluding hydrogens is 282 g/mol. The van der Waals surface area contributed by atoms with Crippen LogP contribution < -0.4 is 4.72 Å². The number of thiophene rings is 1. The summed E-state index contributed by atoms with van der Waals surface area (Å²) in [6.07, 6.45) is 0. The van der Waals surface area contributed by atoms with Crippen LogP contribution in [0.25, 0.3) is 10.1 Å². The molecule has 1 aromatic heterocycles. The molecule has 2 rings (SSSR count). The molecule has 1 unspecified atom stereocenters. The third-order valence-corrected chi connectivity index (χ3v) is 5.69. The van der Waals surface area contributed by atoms with E-state index in [9.17, 15) is 13.5 Å². The molecule has 0 fully saturated rings. The van der Waals surface area contributed by atoms with Gasteiger partial charge in [-0.25, -0.2) is 13.1 Å². The Labute approximate surface area is 117 Å². The molecule has 0 amide bonds. The van der Waals surface area contributed by atoms with Crippen molar-refractivity contribution in [3.05, 3.63) is 35.2 Å². The highest BCUT2D eigenvalue weighted by Crippen LogP contribution is 2.32. The summed E-state index contributed by atoms with van der Waals surface area (Å²) in [5, 5.41) is 11.5. The molecule has 2 N–H and O–H groups in total. The van der Waals surface area contributed by atoms with Crippen LogP contribution in [0.2, 0.25) is 0 Å². The van der Waals surface area contributed by atoms with Gasteiger partial charge in [0.05, 0.1) is 5.75 Å². The fourth-order valence-electron chi connectivity index (χ4n) is 1.69. The second-order valence-electron chi connectivity index (χ2n) is 4.65. The standard InChI is InChI=1S/C13H17NO3S2/c1-3-19(16,17)14-9-13(2,15)12-8-10-6-4-5-7-11(10)18-12/h4-8,14-15H,3,9H2,1-2H3. The third kappa shape index (κ3) is 3.33. The van der Waals surface area contributed by atoms with Gasteiger partial charge in [0, 0.05) is 16.1 Å². The van der Waals surface area contributed by atoms with Crippen LogP contribution in [0, 0.1) is 0 Å². The third-order valence-electron chi connectivity index (χ3n) is 2.97. The van der Waals surface area contributed by atoms with Crippen molar-refractivity contribution < 1.29 is 13.5 Å². The zero-order chi connectivity index (χ0) is 14.1. The summed E-state index contributed by atoms with van der Waals surface area (Å²) in [6.45, 7) is 3.17. The smallest absolute Gasteiger partial charge is 0.211 e. The van der Waals surface area contributed by atoms with Gasteiger partial charge in [-0.1, -0.05) is 18.2 Å². The summed E-state index contributed by atoms with van der Waals surface area (Å²) < 4.78 is 26.4. The van der Waals surface area contributed by atoms with Gasteiger partial charge in [0.1, 0.15) is 5.60 Å². The Bertz CT molecular complexity index is 641. The minimum Gasteiger partial charge on any atom is -0.383 e.